The highest BCUT2D eigenvalue weighted by atomic mass is 32.2. The van der Waals surface area contributed by atoms with E-state index < -0.39 is 28.4 Å². The van der Waals surface area contributed by atoms with Gasteiger partial charge in [0.15, 0.2) is 0 Å². The van der Waals surface area contributed by atoms with E-state index >= 15 is 0 Å². The van der Waals surface area contributed by atoms with Gasteiger partial charge in [0.25, 0.3) is 0 Å². The molecular formula is C9H19NO6S. The van der Waals surface area contributed by atoms with Crippen molar-refractivity contribution in [3.8, 4) is 0 Å². The van der Waals surface area contributed by atoms with E-state index in [-0.39, 0.29) is 26.3 Å². The molecule has 0 aromatic rings. The SMILES string of the molecule is CCOC(=O)CN(CCOC)S(=O)(=O)CCO. The lowest BCUT2D eigenvalue weighted by Gasteiger charge is -2.20. The standard InChI is InChI=1S/C9H19NO6S/c1-3-16-9(12)8-10(4-6-15-2)17(13,14)7-5-11/h11H,3-8H2,1-2H3. The average Bonchev–Trinajstić information content (AvgIpc) is 2.24. The molecule has 0 aromatic heterocycles. The summed E-state index contributed by atoms with van der Waals surface area (Å²) in [6, 6.07) is 0. The van der Waals surface area contributed by atoms with E-state index in [0.29, 0.717) is 0 Å². The van der Waals surface area contributed by atoms with Crippen LogP contribution in [0.25, 0.3) is 0 Å². The van der Waals surface area contributed by atoms with Crippen molar-refractivity contribution in [3.63, 3.8) is 0 Å². The van der Waals surface area contributed by atoms with Crippen LogP contribution >= 0.6 is 0 Å². The summed E-state index contributed by atoms with van der Waals surface area (Å²) in [5, 5.41) is 8.66. The molecule has 17 heavy (non-hydrogen) atoms. The van der Waals surface area contributed by atoms with Crippen molar-refractivity contribution in [1.82, 2.24) is 4.31 Å². The molecule has 102 valence electrons. The molecule has 1 N–H and O–H groups in total. The second-order valence-electron chi connectivity index (χ2n) is 3.17. The van der Waals surface area contributed by atoms with Crippen molar-refractivity contribution in [2.75, 3.05) is 45.8 Å². The Morgan fingerprint density at radius 1 is 1.41 bits per heavy atom. The number of aliphatic hydroxyl groups excluding tert-OH is 1. The highest BCUT2D eigenvalue weighted by molar-refractivity contribution is 7.89. The quantitative estimate of drug-likeness (QED) is 0.530. The maximum absolute atomic E-state index is 11.7. The molecule has 0 heterocycles. The van der Waals surface area contributed by atoms with E-state index in [9.17, 15) is 13.2 Å². The first-order chi connectivity index (χ1) is 7.97. The van der Waals surface area contributed by atoms with Crippen LogP contribution in [0.5, 0.6) is 0 Å². The van der Waals surface area contributed by atoms with Gasteiger partial charge in [0.1, 0.15) is 6.54 Å². The van der Waals surface area contributed by atoms with Crippen molar-refractivity contribution in [3.05, 3.63) is 0 Å². The highest BCUT2D eigenvalue weighted by Gasteiger charge is 2.24. The minimum atomic E-state index is -3.66. The van der Waals surface area contributed by atoms with Crippen LogP contribution in [-0.2, 0) is 24.3 Å². The number of rotatable bonds is 9. The van der Waals surface area contributed by atoms with Crippen molar-refractivity contribution in [2.45, 2.75) is 6.92 Å². The first-order valence-electron chi connectivity index (χ1n) is 5.21. The number of nitrogens with zero attached hydrogens (tertiary/aromatic N) is 1. The monoisotopic (exact) mass is 269 g/mol. The molecule has 0 rings (SSSR count). The van der Waals surface area contributed by atoms with Gasteiger partial charge in [-0.1, -0.05) is 0 Å². The van der Waals surface area contributed by atoms with E-state index in [1.54, 1.807) is 6.92 Å². The first-order valence-corrected chi connectivity index (χ1v) is 6.82. The lowest BCUT2D eigenvalue weighted by atomic mass is 10.6. The number of aliphatic hydroxyl groups is 1. The van der Waals surface area contributed by atoms with Crippen LogP contribution in [0, 0.1) is 0 Å². The third kappa shape index (κ3) is 6.57. The number of hydrogen-bond donors (Lipinski definition) is 1. The molecule has 0 atom stereocenters. The van der Waals surface area contributed by atoms with Gasteiger partial charge in [0.05, 0.1) is 25.6 Å². The number of carbonyl (C=O) groups excluding carboxylic acids is 1. The normalized spacial score (nSPS) is 11.8. The number of carbonyl (C=O) groups is 1. The van der Waals surface area contributed by atoms with Crippen molar-refractivity contribution in [1.29, 1.82) is 0 Å². The molecule has 0 saturated carbocycles. The third-order valence-electron chi connectivity index (χ3n) is 1.90. The zero-order valence-corrected chi connectivity index (χ0v) is 10.9. The zero-order valence-electron chi connectivity index (χ0n) is 10.1. The molecule has 0 spiro atoms. The second-order valence-corrected chi connectivity index (χ2v) is 5.26. The fraction of sp³-hybridized carbons (Fsp3) is 0.889. The van der Waals surface area contributed by atoms with Crippen molar-refractivity contribution < 1.29 is 27.8 Å². The van der Waals surface area contributed by atoms with Crippen LogP contribution in [0.2, 0.25) is 0 Å². The molecule has 0 aliphatic rings. The molecule has 0 amide bonds. The lowest BCUT2D eigenvalue weighted by Crippen LogP contribution is -2.40. The van der Waals surface area contributed by atoms with Gasteiger partial charge in [0, 0.05) is 13.7 Å². The predicted octanol–water partition coefficient (Wildman–Crippen LogP) is -1.18. The fourth-order valence-electron chi connectivity index (χ4n) is 1.10. The van der Waals surface area contributed by atoms with Gasteiger partial charge in [-0.25, -0.2) is 8.42 Å². The molecule has 8 heteroatoms. The van der Waals surface area contributed by atoms with Crippen LogP contribution in [0.15, 0.2) is 0 Å². The molecule has 7 nitrogen and oxygen atoms in total. The third-order valence-corrected chi connectivity index (χ3v) is 3.70. The van der Waals surface area contributed by atoms with Gasteiger partial charge in [-0.05, 0) is 6.92 Å². The first kappa shape index (κ1) is 16.3. The van der Waals surface area contributed by atoms with E-state index in [4.69, 9.17) is 9.84 Å². The summed E-state index contributed by atoms with van der Waals surface area (Å²) >= 11 is 0. The van der Waals surface area contributed by atoms with Gasteiger partial charge in [-0.2, -0.15) is 4.31 Å². The van der Waals surface area contributed by atoms with Crippen LogP contribution in [-0.4, -0.2) is 69.6 Å². The Morgan fingerprint density at radius 2 is 2.06 bits per heavy atom. The van der Waals surface area contributed by atoms with Gasteiger partial charge in [0.2, 0.25) is 10.0 Å². The maximum atomic E-state index is 11.7. The molecule has 0 saturated heterocycles. The largest absolute Gasteiger partial charge is 0.465 e. The Bertz CT molecular complexity index is 315. The van der Waals surface area contributed by atoms with Gasteiger partial charge in [-0.15, -0.1) is 0 Å². The summed E-state index contributed by atoms with van der Waals surface area (Å²) in [6.45, 7) is 1.20. The fourth-order valence-corrected chi connectivity index (χ4v) is 2.25. The highest BCUT2D eigenvalue weighted by Crippen LogP contribution is 2.02. The maximum Gasteiger partial charge on any atom is 0.321 e. The molecule has 0 unspecified atom stereocenters. The summed E-state index contributed by atoms with van der Waals surface area (Å²) in [6.07, 6.45) is 0. The van der Waals surface area contributed by atoms with E-state index in [2.05, 4.69) is 4.74 Å². The molecule has 0 aromatic carbocycles. The van der Waals surface area contributed by atoms with Crippen molar-refractivity contribution in [2.24, 2.45) is 0 Å². The predicted molar refractivity (Wildman–Crippen MR) is 61.0 cm³/mol. The smallest absolute Gasteiger partial charge is 0.321 e. The molecule has 0 aliphatic carbocycles. The second kappa shape index (κ2) is 8.40. The topological polar surface area (TPSA) is 93.1 Å². The van der Waals surface area contributed by atoms with Crippen LogP contribution in [0.1, 0.15) is 6.92 Å². The van der Waals surface area contributed by atoms with E-state index in [1.165, 1.54) is 7.11 Å². The van der Waals surface area contributed by atoms with Crippen molar-refractivity contribution >= 4 is 16.0 Å². The molecule has 0 radical (unpaired) electrons. The van der Waals surface area contributed by atoms with Gasteiger partial charge < -0.3 is 14.6 Å². The Hall–Kier alpha value is -0.700. The average molecular weight is 269 g/mol. The molecule has 0 fully saturated rings. The summed E-state index contributed by atoms with van der Waals surface area (Å²) < 4.78 is 33.8. The zero-order chi connectivity index (χ0) is 13.3. The Morgan fingerprint density at radius 3 is 2.53 bits per heavy atom. The molecule has 0 bridgehead atoms. The van der Waals surface area contributed by atoms with Crippen LogP contribution in [0.4, 0.5) is 0 Å². The summed E-state index contributed by atoms with van der Waals surface area (Å²) in [5.41, 5.74) is 0. The van der Waals surface area contributed by atoms with Crippen LogP contribution < -0.4 is 0 Å². The number of sulfonamides is 1. The minimum absolute atomic E-state index is 0.0532. The molecular weight excluding hydrogens is 250 g/mol. The van der Waals surface area contributed by atoms with E-state index in [1.807, 2.05) is 0 Å². The summed E-state index contributed by atoms with van der Waals surface area (Å²) in [5.74, 6) is -1.04. The van der Waals surface area contributed by atoms with Gasteiger partial charge in [-0.3, -0.25) is 4.79 Å². The van der Waals surface area contributed by atoms with Gasteiger partial charge >= 0.3 is 5.97 Å². The minimum Gasteiger partial charge on any atom is -0.465 e. The summed E-state index contributed by atoms with van der Waals surface area (Å²) in [7, 11) is -2.22. The Kier molecular flexibility index (Phi) is 8.05. The Balaban J connectivity index is 4.58. The summed E-state index contributed by atoms with van der Waals surface area (Å²) in [4.78, 5) is 11.2. The van der Waals surface area contributed by atoms with E-state index in [0.717, 1.165) is 4.31 Å². The number of hydrogen-bond acceptors (Lipinski definition) is 6. The molecule has 0 aliphatic heterocycles. The lowest BCUT2D eigenvalue weighted by molar-refractivity contribution is -0.143. The van der Waals surface area contributed by atoms with Crippen LogP contribution in [0.3, 0.4) is 0 Å². The Labute approximate surface area is 101 Å². The number of esters is 1. The number of ether oxygens (including phenoxy) is 2. The number of methoxy groups -OCH3 is 1.